The fraction of sp³-hybridized carbons (Fsp3) is 0.179. The Morgan fingerprint density at radius 2 is 1.74 bits per heavy atom. The van der Waals surface area contributed by atoms with E-state index in [4.69, 9.17) is 11.6 Å². The van der Waals surface area contributed by atoms with Crippen molar-refractivity contribution in [2.75, 3.05) is 27.7 Å². The number of fused-ring (bicyclic) bond motifs is 1. The summed E-state index contributed by atoms with van der Waals surface area (Å²) in [5.74, 6) is -4.46. The van der Waals surface area contributed by atoms with Crippen LogP contribution in [-0.4, -0.2) is 71.2 Å². The molecule has 0 saturated heterocycles. The molecule has 1 aliphatic carbocycles. The van der Waals surface area contributed by atoms with Crippen molar-refractivity contribution < 1.29 is 28.6 Å². The summed E-state index contributed by atoms with van der Waals surface area (Å²) in [5.41, 5.74) is 1.87. The first-order valence-corrected chi connectivity index (χ1v) is 13.7. The van der Waals surface area contributed by atoms with Gasteiger partial charge in [-0.25, -0.2) is 10.4 Å². The van der Waals surface area contributed by atoms with E-state index >= 15 is 0 Å². The van der Waals surface area contributed by atoms with Gasteiger partial charge in [-0.15, -0.1) is 11.3 Å². The number of non-ortho nitro benzene ring substituents is 1. The number of hydrazone groups is 1. The molecule has 43 heavy (non-hydrogen) atoms. The Kier molecular flexibility index (Phi) is 8.90. The molecule has 15 heteroatoms. The fourth-order valence-electron chi connectivity index (χ4n) is 4.01. The summed E-state index contributed by atoms with van der Waals surface area (Å²) < 4.78 is 0.244. The van der Waals surface area contributed by atoms with Gasteiger partial charge in [-0.2, -0.15) is 10.4 Å². The lowest BCUT2D eigenvalue weighted by atomic mass is 9.92. The standard InChI is InChI=1S/C28H22ClN7O6S/c1-36(2,3)13-21(37)33-34-23(27(40)32-24-22(29)25(38)17-6-4-5-7-18(17)26(24)39)19(12-30)20-14-43-28(31-20)15-8-10-16(11-9-15)35(41)42/h4-11,14,19H,13H2,1-3H3,(H-,32,33,37,38,40)/p+1. The number of aromatic nitrogens is 1. The van der Waals surface area contributed by atoms with E-state index in [0.717, 1.165) is 11.3 Å². The minimum absolute atomic E-state index is 0.0165. The number of nitrogens with one attached hydrogen (secondary N) is 2. The lowest BCUT2D eigenvalue weighted by Crippen LogP contribution is -2.44. The SMILES string of the molecule is C[N+](C)(C)CC(=O)N/N=C(\C(=O)NC1=C(Cl)C(=O)c2ccccc2C1=O)C(C#N)c1csc(-c2ccc([N+](=O)[O-])cc2)n1. The van der Waals surface area contributed by atoms with Crippen molar-refractivity contribution >= 4 is 57.7 Å². The molecule has 1 heterocycles. The number of Topliss-reactive ketones (excluding diaryl/α,β-unsaturated/α-hetero) is 2. The molecule has 3 aromatic rings. The van der Waals surface area contributed by atoms with Crippen LogP contribution < -0.4 is 10.7 Å². The second-order valence-corrected chi connectivity index (χ2v) is 11.5. The molecule has 218 valence electrons. The number of nitriles is 1. The Bertz CT molecular complexity index is 1770. The van der Waals surface area contributed by atoms with E-state index in [2.05, 4.69) is 20.8 Å². The van der Waals surface area contributed by atoms with Crippen molar-refractivity contribution in [2.24, 2.45) is 5.10 Å². The highest BCUT2D eigenvalue weighted by Gasteiger charge is 2.35. The number of nitrogens with zero attached hydrogens (tertiary/aromatic N) is 5. The number of carbonyl (C=O) groups is 4. The van der Waals surface area contributed by atoms with E-state index < -0.39 is 50.7 Å². The Hall–Kier alpha value is -5.10. The van der Waals surface area contributed by atoms with Crippen LogP contribution >= 0.6 is 22.9 Å². The lowest BCUT2D eigenvalue weighted by molar-refractivity contribution is -0.862. The smallest absolute Gasteiger partial charge is 0.295 e. The molecule has 4 rings (SSSR count). The molecule has 0 spiro atoms. The molecular formula is C28H23ClN7O6S+. The molecule has 0 saturated carbocycles. The van der Waals surface area contributed by atoms with Gasteiger partial charge in [0.2, 0.25) is 11.6 Å². The largest absolute Gasteiger partial charge is 0.323 e. The predicted octanol–water partition coefficient (Wildman–Crippen LogP) is 3.15. The average molecular weight is 621 g/mol. The Labute approximate surface area is 253 Å². The molecule has 1 atom stereocenters. The van der Waals surface area contributed by atoms with Crippen LogP contribution in [0.5, 0.6) is 0 Å². The summed E-state index contributed by atoms with van der Waals surface area (Å²) in [7, 11) is 5.30. The second-order valence-electron chi connectivity index (χ2n) is 10.3. The summed E-state index contributed by atoms with van der Waals surface area (Å²) >= 11 is 7.32. The van der Waals surface area contributed by atoms with Crippen LogP contribution in [0.4, 0.5) is 5.69 Å². The maximum Gasteiger partial charge on any atom is 0.295 e. The van der Waals surface area contributed by atoms with Gasteiger partial charge in [0.05, 0.1) is 37.8 Å². The monoisotopic (exact) mass is 620 g/mol. The van der Waals surface area contributed by atoms with Gasteiger partial charge in [0, 0.05) is 34.2 Å². The molecular weight excluding hydrogens is 598 g/mol. The van der Waals surface area contributed by atoms with Gasteiger partial charge in [-0.05, 0) is 12.1 Å². The van der Waals surface area contributed by atoms with E-state index in [1.165, 1.54) is 41.8 Å². The van der Waals surface area contributed by atoms with E-state index in [1.807, 2.05) is 6.07 Å². The Morgan fingerprint density at radius 1 is 1.12 bits per heavy atom. The van der Waals surface area contributed by atoms with Crippen molar-refractivity contribution in [3.8, 4) is 16.6 Å². The fourth-order valence-corrected chi connectivity index (χ4v) is 5.10. The molecule has 2 N–H and O–H groups in total. The molecule has 0 aliphatic heterocycles. The molecule has 1 unspecified atom stereocenters. The van der Waals surface area contributed by atoms with Crippen molar-refractivity contribution in [2.45, 2.75) is 5.92 Å². The van der Waals surface area contributed by atoms with Crippen LogP contribution in [0.1, 0.15) is 32.3 Å². The Balaban J connectivity index is 1.69. The van der Waals surface area contributed by atoms with Crippen LogP contribution in [0.25, 0.3) is 10.6 Å². The minimum Gasteiger partial charge on any atom is -0.323 e. The number of thiazole rings is 1. The van der Waals surface area contributed by atoms with Crippen LogP contribution in [-0.2, 0) is 9.59 Å². The number of halogens is 1. The first-order chi connectivity index (χ1) is 20.3. The highest BCUT2D eigenvalue weighted by Crippen LogP contribution is 2.30. The summed E-state index contributed by atoms with van der Waals surface area (Å²) in [6.07, 6.45) is 0. The number of hydrogen-bond acceptors (Lipinski definition) is 10. The van der Waals surface area contributed by atoms with Crippen LogP contribution in [0.2, 0.25) is 0 Å². The zero-order valence-corrected chi connectivity index (χ0v) is 24.5. The third-order valence-electron chi connectivity index (χ3n) is 6.00. The second kappa shape index (κ2) is 12.4. The maximum absolute atomic E-state index is 13.6. The first-order valence-electron chi connectivity index (χ1n) is 12.5. The van der Waals surface area contributed by atoms with Gasteiger partial charge < -0.3 is 9.80 Å². The van der Waals surface area contributed by atoms with Gasteiger partial charge in [0.25, 0.3) is 17.5 Å². The van der Waals surface area contributed by atoms with E-state index in [-0.39, 0.29) is 33.5 Å². The molecule has 2 amide bonds. The minimum atomic E-state index is -1.44. The molecule has 0 bridgehead atoms. The molecule has 0 radical (unpaired) electrons. The zero-order valence-electron chi connectivity index (χ0n) is 23.0. The number of allylic oxidation sites excluding steroid dienone is 2. The van der Waals surface area contributed by atoms with Crippen molar-refractivity contribution in [1.29, 1.82) is 5.26 Å². The first kappa shape index (κ1) is 30.8. The summed E-state index contributed by atoms with van der Waals surface area (Å²) in [6.45, 7) is -0.0165. The molecule has 1 aliphatic rings. The van der Waals surface area contributed by atoms with Crippen molar-refractivity contribution in [1.82, 2.24) is 15.7 Å². The van der Waals surface area contributed by atoms with E-state index in [0.29, 0.717) is 10.6 Å². The topological polar surface area (TPSA) is 185 Å². The number of hydrogen-bond donors (Lipinski definition) is 2. The highest BCUT2D eigenvalue weighted by molar-refractivity contribution is 7.13. The van der Waals surface area contributed by atoms with E-state index in [1.54, 1.807) is 33.3 Å². The van der Waals surface area contributed by atoms with Gasteiger partial charge in [-0.3, -0.25) is 29.3 Å². The number of nitro benzene ring substituents is 1. The third-order valence-corrected chi connectivity index (χ3v) is 7.27. The van der Waals surface area contributed by atoms with E-state index in [9.17, 15) is 34.6 Å². The number of likely N-dealkylation sites (N-methyl/N-ethyl adjacent to an activating group) is 1. The number of benzene rings is 2. The van der Waals surface area contributed by atoms with Gasteiger partial charge in [0.1, 0.15) is 27.4 Å². The normalized spacial score (nSPS) is 14.1. The van der Waals surface area contributed by atoms with Gasteiger partial charge >= 0.3 is 0 Å². The number of rotatable bonds is 9. The number of amides is 2. The van der Waals surface area contributed by atoms with Gasteiger partial charge in [0.15, 0.2) is 6.54 Å². The van der Waals surface area contributed by atoms with Crippen molar-refractivity contribution in [3.05, 3.63) is 91.6 Å². The number of quaternary nitrogens is 1. The molecule has 0 fully saturated rings. The lowest BCUT2D eigenvalue weighted by Gasteiger charge is -2.22. The zero-order chi connectivity index (χ0) is 31.5. The van der Waals surface area contributed by atoms with Crippen LogP contribution in [0.3, 0.4) is 0 Å². The Morgan fingerprint density at radius 3 is 2.33 bits per heavy atom. The van der Waals surface area contributed by atoms with Crippen molar-refractivity contribution in [3.63, 3.8) is 0 Å². The number of nitro groups is 1. The van der Waals surface area contributed by atoms with Gasteiger partial charge in [-0.1, -0.05) is 35.9 Å². The predicted molar refractivity (Wildman–Crippen MR) is 157 cm³/mol. The quantitative estimate of drug-likeness (QED) is 0.158. The van der Waals surface area contributed by atoms with Crippen LogP contribution in [0.15, 0.2) is 69.7 Å². The highest BCUT2D eigenvalue weighted by atomic mass is 35.5. The third kappa shape index (κ3) is 6.87. The number of ketones is 2. The summed E-state index contributed by atoms with van der Waals surface area (Å²) in [4.78, 5) is 66.9. The summed E-state index contributed by atoms with van der Waals surface area (Å²) in [6, 6.07) is 13.5. The van der Waals surface area contributed by atoms with Crippen LogP contribution in [0, 0.1) is 21.4 Å². The number of carbonyl (C=O) groups excluding carboxylic acids is 4. The molecule has 13 nitrogen and oxygen atoms in total. The molecule has 2 aromatic carbocycles. The average Bonchev–Trinajstić information content (AvgIpc) is 3.45. The maximum atomic E-state index is 13.6. The molecule has 1 aromatic heterocycles. The summed E-state index contributed by atoms with van der Waals surface area (Å²) in [5, 5.41) is 28.7.